The Morgan fingerprint density at radius 1 is 1.03 bits per heavy atom. The molecule has 36 heavy (non-hydrogen) atoms. The molecule has 1 aliphatic heterocycles. The summed E-state index contributed by atoms with van der Waals surface area (Å²) in [5.74, 6) is -2.82. The maximum absolute atomic E-state index is 13.1. The molecule has 10 nitrogen and oxygen atoms in total. The lowest BCUT2D eigenvalue weighted by molar-refractivity contribution is -0.139. The lowest BCUT2D eigenvalue weighted by atomic mass is 9.81. The highest BCUT2D eigenvalue weighted by Gasteiger charge is 2.42. The van der Waals surface area contributed by atoms with Gasteiger partial charge in [-0.2, -0.15) is 5.26 Å². The van der Waals surface area contributed by atoms with E-state index in [-0.39, 0.29) is 35.1 Å². The van der Waals surface area contributed by atoms with Crippen molar-refractivity contribution in [3.05, 3.63) is 82.8 Å². The van der Waals surface area contributed by atoms with Crippen LogP contribution in [-0.4, -0.2) is 57.6 Å². The van der Waals surface area contributed by atoms with Gasteiger partial charge >= 0.3 is 11.9 Å². The summed E-state index contributed by atoms with van der Waals surface area (Å²) in [6.45, 7) is 0.202. The van der Waals surface area contributed by atoms with Crippen molar-refractivity contribution in [1.82, 2.24) is 4.90 Å². The van der Waals surface area contributed by atoms with Crippen LogP contribution in [0, 0.1) is 11.3 Å². The van der Waals surface area contributed by atoms with E-state index >= 15 is 0 Å². The van der Waals surface area contributed by atoms with Gasteiger partial charge in [-0.05, 0) is 43.9 Å². The minimum Gasteiger partial charge on any atom is -0.466 e. The molecule has 0 bridgehead atoms. The van der Waals surface area contributed by atoms with E-state index in [1.165, 1.54) is 19.1 Å². The van der Waals surface area contributed by atoms with Gasteiger partial charge in [0.15, 0.2) is 0 Å². The van der Waals surface area contributed by atoms with Crippen molar-refractivity contribution in [1.29, 1.82) is 5.26 Å². The van der Waals surface area contributed by atoms with Crippen molar-refractivity contribution in [3.8, 4) is 6.07 Å². The van der Waals surface area contributed by atoms with E-state index in [0.717, 1.165) is 0 Å². The first-order valence-corrected chi connectivity index (χ1v) is 10.9. The van der Waals surface area contributed by atoms with Gasteiger partial charge in [-0.3, -0.25) is 9.69 Å². The molecular weight excluding hydrogens is 462 g/mol. The van der Waals surface area contributed by atoms with Crippen LogP contribution in [0.25, 0.3) is 0 Å². The molecule has 3 N–H and O–H groups in total. The van der Waals surface area contributed by atoms with Gasteiger partial charge in [0.25, 0.3) is 0 Å². The molecule has 0 aliphatic carbocycles. The molecule has 3 rings (SSSR count). The van der Waals surface area contributed by atoms with Crippen molar-refractivity contribution in [2.45, 2.75) is 5.92 Å². The lowest BCUT2D eigenvalue weighted by Crippen LogP contribution is -2.40. The van der Waals surface area contributed by atoms with Crippen molar-refractivity contribution < 1.29 is 23.9 Å². The smallest absolute Gasteiger partial charge is 0.355 e. The summed E-state index contributed by atoms with van der Waals surface area (Å²) in [5.41, 5.74) is 7.76. The number of hydrogen-bond acceptors (Lipinski definition) is 9. The zero-order valence-electron chi connectivity index (χ0n) is 20.4. The predicted octanol–water partition coefficient (Wildman–Crippen LogP) is 2.08. The molecule has 0 saturated carbocycles. The number of rotatable bonds is 7. The maximum Gasteiger partial charge on any atom is 0.355 e. The second-order valence-corrected chi connectivity index (χ2v) is 8.17. The van der Waals surface area contributed by atoms with E-state index in [9.17, 15) is 19.6 Å². The van der Waals surface area contributed by atoms with Gasteiger partial charge in [0.05, 0.1) is 43.9 Å². The number of esters is 2. The van der Waals surface area contributed by atoms with Crippen LogP contribution in [0.5, 0.6) is 0 Å². The minimum atomic E-state index is -0.946. The molecule has 0 saturated heterocycles. The topological polar surface area (TPSA) is 138 Å². The Hall–Kier alpha value is -4.62. The van der Waals surface area contributed by atoms with Gasteiger partial charge in [-0.15, -0.1) is 0 Å². The van der Waals surface area contributed by atoms with Crippen LogP contribution in [0.2, 0.25) is 0 Å². The molecule has 0 fully saturated rings. The van der Waals surface area contributed by atoms with Gasteiger partial charge in [0, 0.05) is 11.4 Å². The number of hydrogen-bond donors (Lipinski definition) is 2. The largest absolute Gasteiger partial charge is 0.466 e. The number of anilines is 2. The summed E-state index contributed by atoms with van der Waals surface area (Å²) in [4.78, 5) is 41.2. The number of carbonyl (C=O) groups is 3. The number of nitrogens with one attached hydrogen (secondary N) is 1. The van der Waals surface area contributed by atoms with Crippen LogP contribution in [0.15, 0.2) is 77.3 Å². The Bertz CT molecular complexity index is 1260. The van der Waals surface area contributed by atoms with Crippen molar-refractivity contribution >= 4 is 29.2 Å². The van der Waals surface area contributed by atoms with E-state index < -0.39 is 17.9 Å². The summed E-state index contributed by atoms with van der Waals surface area (Å²) in [5, 5.41) is 12.8. The quantitative estimate of drug-likeness (QED) is 0.560. The van der Waals surface area contributed by atoms with Gasteiger partial charge in [0.2, 0.25) is 5.91 Å². The van der Waals surface area contributed by atoms with Crippen LogP contribution in [-0.2, 0) is 23.9 Å². The summed E-state index contributed by atoms with van der Waals surface area (Å²) >= 11 is 0. The van der Waals surface area contributed by atoms with Crippen molar-refractivity contribution in [3.63, 3.8) is 0 Å². The number of likely N-dealkylation sites (N-methyl/N-ethyl adjacent to an activating group) is 1. The highest BCUT2D eigenvalue weighted by molar-refractivity contribution is 6.06. The van der Waals surface area contributed by atoms with Crippen LogP contribution < -0.4 is 16.0 Å². The van der Waals surface area contributed by atoms with Crippen molar-refractivity contribution in [2.75, 3.05) is 45.1 Å². The molecular formula is C26H27N5O5. The molecule has 2 aromatic carbocycles. The standard InChI is InChI=1S/C26H27N5O5/c1-30(2)15-20(32)29-17-10-12-18(13-11-17)31-23(26(34)36-4)22(25(33)35-3)21(19(14-27)24(31)28)16-8-6-5-7-9-16/h5-13,21H,15,28H2,1-4H3,(H,29,32). The SMILES string of the molecule is COC(=O)C1=C(C(=O)OC)N(c2ccc(NC(=O)CN(C)C)cc2)C(N)=C(C#N)C1c1ccccc1. The molecule has 0 radical (unpaired) electrons. The molecule has 10 heteroatoms. The first kappa shape index (κ1) is 26.0. The molecule has 1 aliphatic rings. The van der Waals surface area contributed by atoms with E-state index in [4.69, 9.17) is 15.2 Å². The Morgan fingerprint density at radius 3 is 2.17 bits per heavy atom. The molecule has 2 aromatic rings. The van der Waals surface area contributed by atoms with Gasteiger partial charge < -0.3 is 25.4 Å². The zero-order valence-corrected chi connectivity index (χ0v) is 20.4. The average molecular weight is 490 g/mol. The number of methoxy groups -OCH3 is 2. The number of allylic oxidation sites excluding steroid dienone is 1. The second kappa shape index (κ2) is 11.2. The third-order valence-corrected chi connectivity index (χ3v) is 5.48. The summed E-state index contributed by atoms with van der Waals surface area (Å²) < 4.78 is 10.0. The van der Waals surface area contributed by atoms with Gasteiger partial charge in [0.1, 0.15) is 11.5 Å². The van der Waals surface area contributed by atoms with Gasteiger partial charge in [-0.25, -0.2) is 9.59 Å². The second-order valence-electron chi connectivity index (χ2n) is 8.17. The molecule has 1 unspecified atom stereocenters. The first-order chi connectivity index (χ1) is 17.2. The average Bonchev–Trinajstić information content (AvgIpc) is 2.87. The first-order valence-electron chi connectivity index (χ1n) is 10.9. The third-order valence-electron chi connectivity index (χ3n) is 5.48. The number of benzene rings is 2. The van der Waals surface area contributed by atoms with E-state index in [2.05, 4.69) is 11.4 Å². The zero-order chi connectivity index (χ0) is 26.4. The Kier molecular flexibility index (Phi) is 8.09. The van der Waals surface area contributed by atoms with Crippen LogP contribution in [0.3, 0.4) is 0 Å². The van der Waals surface area contributed by atoms with Crippen LogP contribution >= 0.6 is 0 Å². The highest BCUT2D eigenvalue weighted by Crippen LogP contribution is 2.43. The number of ether oxygens (including phenoxy) is 2. The molecule has 0 aromatic heterocycles. The van der Waals surface area contributed by atoms with Crippen LogP contribution in [0.1, 0.15) is 11.5 Å². The Balaban J connectivity index is 2.19. The Labute approximate surface area is 209 Å². The molecule has 1 amide bonds. The normalized spacial score (nSPS) is 15.4. The van der Waals surface area contributed by atoms with E-state index in [1.54, 1.807) is 73.6 Å². The minimum absolute atomic E-state index is 0.0381. The summed E-state index contributed by atoms with van der Waals surface area (Å²) in [6, 6.07) is 17.3. The fourth-order valence-electron chi connectivity index (χ4n) is 3.96. The highest BCUT2D eigenvalue weighted by atomic mass is 16.5. The Morgan fingerprint density at radius 2 is 1.64 bits per heavy atom. The molecule has 0 spiro atoms. The molecule has 1 heterocycles. The monoisotopic (exact) mass is 489 g/mol. The fraction of sp³-hybridized carbons (Fsp3) is 0.231. The van der Waals surface area contributed by atoms with Gasteiger partial charge in [-0.1, -0.05) is 30.3 Å². The molecule has 186 valence electrons. The van der Waals surface area contributed by atoms with E-state index in [1.807, 2.05) is 0 Å². The third kappa shape index (κ3) is 5.21. The number of nitrogens with two attached hydrogens (primary N) is 1. The number of amides is 1. The van der Waals surface area contributed by atoms with E-state index in [0.29, 0.717) is 16.9 Å². The summed E-state index contributed by atoms with van der Waals surface area (Å²) in [6.07, 6.45) is 0. The fourth-order valence-corrected chi connectivity index (χ4v) is 3.96. The van der Waals surface area contributed by atoms with Crippen molar-refractivity contribution in [2.24, 2.45) is 5.73 Å². The predicted molar refractivity (Wildman–Crippen MR) is 133 cm³/mol. The maximum atomic E-state index is 13.1. The summed E-state index contributed by atoms with van der Waals surface area (Å²) in [7, 11) is 5.94. The number of carbonyl (C=O) groups excluding carboxylic acids is 3. The number of nitriles is 1. The molecule has 1 atom stereocenters. The lowest BCUT2D eigenvalue weighted by Gasteiger charge is -2.35. The number of nitrogens with zero attached hydrogens (tertiary/aromatic N) is 3. The van der Waals surface area contributed by atoms with Crippen LogP contribution in [0.4, 0.5) is 11.4 Å².